The van der Waals surface area contributed by atoms with Crippen LogP contribution in [-0.4, -0.2) is 32.2 Å². The van der Waals surface area contributed by atoms with E-state index in [2.05, 4.69) is 5.32 Å². The van der Waals surface area contributed by atoms with Crippen molar-refractivity contribution in [3.63, 3.8) is 0 Å². The molecule has 0 radical (unpaired) electrons. The second-order valence-corrected chi connectivity index (χ2v) is 9.38. The van der Waals surface area contributed by atoms with Crippen molar-refractivity contribution in [3.8, 4) is 11.5 Å². The number of aryl methyl sites for hydroxylation is 1. The van der Waals surface area contributed by atoms with Gasteiger partial charge < -0.3 is 10.1 Å². The van der Waals surface area contributed by atoms with E-state index < -0.39 is 15.9 Å². The molecule has 0 bridgehead atoms. The van der Waals surface area contributed by atoms with Gasteiger partial charge in [-0.3, -0.25) is 4.79 Å². The van der Waals surface area contributed by atoms with Gasteiger partial charge in [0.1, 0.15) is 9.96 Å². The average Bonchev–Trinajstić information content (AvgIpc) is 3.19. The molecule has 1 amide bonds. The van der Waals surface area contributed by atoms with Gasteiger partial charge in [-0.25, -0.2) is 8.42 Å². The molecule has 0 aliphatic carbocycles. The van der Waals surface area contributed by atoms with Crippen LogP contribution in [0.5, 0.6) is 11.5 Å². The zero-order chi connectivity index (χ0) is 20.1. The van der Waals surface area contributed by atoms with Crippen LogP contribution in [0.3, 0.4) is 0 Å². The van der Waals surface area contributed by atoms with Crippen LogP contribution < -0.4 is 10.1 Å². The minimum absolute atomic E-state index is 0.200. The molecule has 0 fully saturated rings. The number of benzene rings is 2. The summed E-state index contributed by atoms with van der Waals surface area (Å²) in [7, 11) is -2.31. The van der Waals surface area contributed by atoms with Gasteiger partial charge in [0, 0.05) is 7.05 Å². The molecule has 0 aliphatic rings. The zero-order valence-electron chi connectivity index (χ0n) is 15.5. The summed E-state index contributed by atoms with van der Waals surface area (Å²) >= 11 is 1.11. The highest BCUT2D eigenvalue weighted by Crippen LogP contribution is 2.29. The Labute approximate surface area is 168 Å². The second kappa shape index (κ2) is 8.55. The smallest absolute Gasteiger partial charge is 0.252 e. The van der Waals surface area contributed by atoms with Crippen molar-refractivity contribution in [2.45, 2.75) is 11.1 Å². The summed E-state index contributed by atoms with van der Waals surface area (Å²) in [4.78, 5) is 12.4. The van der Waals surface area contributed by atoms with Gasteiger partial charge in [-0.05, 0) is 48.2 Å². The largest absolute Gasteiger partial charge is 0.455 e. The molecule has 6 nitrogen and oxygen atoms in total. The number of ether oxygens (including phenoxy) is 1. The molecule has 3 rings (SSSR count). The molecule has 1 heterocycles. The van der Waals surface area contributed by atoms with Crippen molar-refractivity contribution < 1.29 is 17.9 Å². The Bertz CT molecular complexity index is 1060. The Morgan fingerprint density at radius 3 is 2.61 bits per heavy atom. The Balaban J connectivity index is 1.71. The first-order valence-corrected chi connectivity index (χ1v) is 10.8. The number of amides is 1. The maximum Gasteiger partial charge on any atom is 0.252 e. The van der Waals surface area contributed by atoms with E-state index in [-0.39, 0.29) is 10.8 Å². The van der Waals surface area contributed by atoms with Crippen LogP contribution in [0.4, 0.5) is 5.69 Å². The predicted molar refractivity (Wildman–Crippen MR) is 110 cm³/mol. The van der Waals surface area contributed by atoms with Crippen molar-refractivity contribution >= 4 is 33.0 Å². The van der Waals surface area contributed by atoms with Gasteiger partial charge in [0.05, 0.1) is 12.2 Å². The highest BCUT2D eigenvalue weighted by atomic mass is 32.2. The van der Waals surface area contributed by atoms with Gasteiger partial charge in [0.2, 0.25) is 5.91 Å². The number of sulfonamides is 1. The van der Waals surface area contributed by atoms with Crippen LogP contribution in [0.15, 0.2) is 70.3 Å². The van der Waals surface area contributed by atoms with Gasteiger partial charge in [-0.1, -0.05) is 30.3 Å². The molecule has 1 N–H and O–H groups in total. The fourth-order valence-electron chi connectivity index (χ4n) is 2.51. The van der Waals surface area contributed by atoms with Gasteiger partial charge in [-0.2, -0.15) is 4.31 Å². The molecule has 0 aliphatic heterocycles. The van der Waals surface area contributed by atoms with E-state index in [1.165, 1.54) is 13.1 Å². The molecule has 1 aromatic heterocycles. The quantitative estimate of drug-likeness (QED) is 0.629. The highest BCUT2D eigenvalue weighted by Gasteiger charge is 2.24. The Kier molecular flexibility index (Phi) is 6.13. The molecule has 2 aromatic carbocycles. The molecule has 0 spiro atoms. The number of para-hydroxylation sites is 2. The fourth-order valence-corrected chi connectivity index (χ4v) is 4.83. The molecule has 8 heteroatoms. The van der Waals surface area contributed by atoms with Crippen LogP contribution in [-0.2, 0) is 14.8 Å². The van der Waals surface area contributed by atoms with Crippen LogP contribution in [0.1, 0.15) is 5.56 Å². The summed E-state index contributed by atoms with van der Waals surface area (Å²) < 4.78 is 32.0. The van der Waals surface area contributed by atoms with Gasteiger partial charge in [-0.15, -0.1) is 11.3 Å². The molecular weight excluding hydrogens is 396 g/mol. The number of likely N-dealkylation sites (N-methyl/N-ethyl adjacent to an activating group) is 1. The Hall–Kier alpha value is -2.68. The van der Waals surface area contributed by atoms with Gasteiger partial charge in [0.15, 0.2) is 5.75 Å². The van der Waals surface area contributed by atoms with Gasteiger partial charge in [0.25, 0.3) is 10.0 Å². The monoisotopic (exact) mass is 416 g/mol. The number of hydrogen-bond donors (Lipinski definition) is 1. The number of nitrogens with one attached hydrogen (secondary N) is 1. The maximum atomic E-state index is 12.5. The van der Waals surface area contributed by atoms with Crippen molar-refractivity contribution in [1.29, 1.82) is 0 Å². The van der Waals surface area contributed by atoms with E-state index in [4.69, 9.17) is 4.74 Å². The van der Waals surface area contributed by atoms with Crippen molar-refractivity contribution in [1.82, 2.24) is 4.31 Å². The summed E-state index contributed by atoms with van der Waals surface area (Å²) in [5.41, 5.74) is 1.52. The average molecular weight is 417 g/mol. The van der Waals surface area contributed by atoms with Gasteiger partial charge >= 0.3 is 0 Å². The summed E-state index contributed by atoms with van der Waals surface area (Å²) in [5, 5.41) is 4.41. The number of carbonyl (C=O) groups excluding carboxylic acids is 1. The predicted octanol–water partition coefficient (Wildman–Crippen LogP) is 4.11. The summed E-state index contributed by atoms with van der Waals surface area (Å²) in [6.07, 6.45) is 0. The van der Waals surface area contributed by atoms with Crippen molar-refractivity contribution in [3.05, 3.63) is 71.6 Å². The summed E-state index contributed by atoms with van der Waals surface area (Å²) in [5.74, 6) is 0.673. The van der Waals surface area contributed by atoms with Crippen LogP contribution in [0, 0.1) is 6.92 Å². The Morgan fingerprint density at radius 1 is 1.11 bits per heavy atom. The lowest BCUT2D eigenvalue weighted by Crippen LogP contribution is -2.34. The minimum Gasteiger partial charge on any atom is -0.455 e. The molecule has 0 atom stereocenters. The number of carbonyl (C=O) groups is 1. The lowest BCUT2D eigenvalue weighted by molar-refractivity contribution is -0.116. The summed E-state index contributed by atoms with van der Waals surface area (Å²) in [6.45, 7) is 1.66. The number of anilines is 1. The third-order valence-corrected chi connectivity index (χ3v) is 7.08. The molecular formula is C20H20N2O4S2. The lowest BCUT2D eigenvalue weighted by Gasteiger charge is -2.17. The van der Waals surface area contributed by atoms with E-state index >= 15 is 0 Å². The molecule has 0 saturated heterocycles. The standard InChI is InChI=1S/C20H20N2O4S2/c1-15-7-5-8-16(13-15)26-18-10-4-3-9-17(18)21-19(23)14-22(2)28(24,25)20-11-6-12-27-20/h3-13H,14H2,1-2H3,(H,21,23). The molecule has 3 aromatic rings. The minimum atomic E-state index is -3.69. The van der Waals surface area contributed by atoms with Crippen LogP contribution in [0.25, 0.3) is 0 Å². The van der Waals surface area contributed by atoms with E-state index in [9.17, 15) is 13.2 Å². The third-order valence-electron chi connectivity index (χ3n) is 3.90. The normalized spacial score (nSPS) is 11.4. The lowest BCUT2D eigenvalue weighted by atomic mass is 10.2. The van der Waals surface area contributed by atoms with Crippen molar-refractivity contribution in [2.24, 2.45) is 0 Å². The fraction of sp³-hybridized carbons (Fsp3) is 0.150. The second-order valence-electron chi connectivity index (χ2n) is 6.16. The molecule has 28 heavy (non-hydrogen) atoms. The van der Waals surface area contributed by atoms with E-state index in [1.54, 1.807) is 35.7 Å². The summed E-state index contributed by atoms with van der Waals surface area (Å²) in [6, 6.07) is 17.7. The zero-order valence-corrected chi connectivity index (χ0v) is 17.1. The topological polar surface area (TPSA) is 75.7 Å². The first kappa shape index (κ1) is 20.1. The van der Waals surface area contributed by atoms with Crippen LogP contribution in [0.2, 0.25) is 0 Å². The van der Waals surface area contributed by atoms with E-state index in [0.717, 1.165) is 21.2 Å². The first-order chi connectivity index (χ1) is 13.4. The number of nitrogens with zero attached hydrogens (tertiary/aromatic N) is 1. The number of hydrogen-bond acceptors (Lipinski definition) is 5. The number of rotatable bonds is 7. The molecule has 146 valence electrons. The van der Waals surface area contributed by atoms with E-state index in [1.807, 2.05) is 31.2 Å². The third kappa shape index (κ3) is 4.78. The van der Waals surface area contributed by atoms with Crippen LogP contribution >= 0.6 is 11.3 Å². The first-order valence-electron chi connectivity index (χ1n) is 8.49. The highest BCUT2D eigenvalue weighted by molar-refractivity contribution is 7.91. The number of thiophene rings is 1. The maximum absolute atomic E-state index is 12.5. The molecule has 0 saturated carbocycles. The SMILES string of the molecule is Cc1cccc(Oc2ccccc2NC(=O)CN(C)S(=O)(=O)c2cccs2)c1. The van der Waals surface area contributed by atoms with Crippen molar-refractivity contribution in [2.75, 3.05) is 18.9 Å². The van der Waals surface area contributed by atoms with E-state index in [0.29, 0.717) is 17.2 Å². The Morgan fingerprint density at radius 2 is 1.89 bits per heavy atom. The molecule has 0 unspecified atom stereocenters.